The molecule has 3 N–H and O–H groups in total. The molecule has 0 heterocycles. The average Bonchev–Trinajstić information content (AvgIpc) is 2.58. The lowest BCUT2D eigenvalue weighted by molar-refractivity contribution is -0.173. The Balaban J connectivity index is 2.22. The van der Waals surface area contributed by atoms with Crippen molar-refractivity contribution in [2.75, 3.05) is 19.8 Å². The number of nitrogens with two attached hydrogens (primary N) is 1. The number of halogens is 3. The van der Waals surface area contributed by atoms with E-state index in [2.05, 4.69) is 10.1 Å². The number of amides is 1. The van der Waals surface area contributed by atoms with E-state index in [0.29, 0.717) is 6.42 Å². The second-order valence-corrected chi connectivity index (χ2v) is 4.84. The molecule has 0 aromatic carbocycles. The number of rotatable bonds is 5. The summed E-state index contributed by atoms with van der Waals surface area (Å²) < 4.78 is 39.7. The van der Waals surface area contributed by atoms with Gasteiger partial charge >= 0.3 is 6.18 Å². The maximum absolute atomic E-state index is 11.9. The van der Waals surface area contributed by atoms with Crippen molar-refractivity contribution in [2.45, 2.75) is 38.4 Å². The minimum absolute atomic E-state index is 0.0667. The Morgan fingerprint density at radius 2 is 2.22 bits per heavy atom. The van der Waals surface area contributed by atoms with Gasteiger partial charge in [-0.3, -0.25) is 4.79 Å². The summed E-state index contributed by atoms with van der Waals surface area (Å²) in [6.45, 7) is 0.407. The molecule has 7 heteroatoms. The first kappa shape index (κ1) is 15.2. The van der Waals surface area contributed by atoms with Gasteiger partial charge in [0.2, 0.25) is 5.91 Å². The van der Waals surface area contributed by atoms with Crippen molar-refractivity contribution in [3.05, 3.63) is 0 Å². The molecule has 0 saturated heterocycles. The molecule has 2 atom stereocenters. The Kier molecular flexibility index (Phi) is 4.98. The molecule has 1 saturated carbocycles. The molecule has 106 valence electrons. The molecule has 0 radical (unpaired) electrons. The van der Waals surface area contributed by atoms with Crippen molar-refractivity contribution in [3.8, 4) is 0 Å². The zero-order valence-electron chi connectivity index (χ0n) is 10.3. The van der Waals surface area contributed by atoms with Crippen LogP contribution >= 0.6 is 0 Å². The molecule has 0 spiro atoms. The fraction of sp³-hybridized carbons (Fsp3) is 0.909. The average molecular weight is 268 g/mol. The highest BCUT2D eigenvalue weighted by molar-refractivity contribution is 5.83. The standard InChI is InChI=1S/C11H19F3N2O2/c1-10(4-2-3-8(10)15)9(17)16-5-6-18-7-11(12,13)14/h8H,2-7,15H2,1H3,(H,16,17). The van der Waals surface area contributed by atoms with E-state index in [4.69, 9.17) is 5.73 Å². The molecule has 18 heavy (non-hydrogen) atoms. The zero-order valence-corrected chi connectivity index (χ0v) is 10.3. The Hall–Kier alpha value is -0.820. The number of carbonyl (C=O) groups excluding carboxylic acids is 1. The van der Waals surface area contributed by atoms with E-state index in [1.807, 2.05) is 0 Å². The van der Waals surface area contributed by atoms with Gasteiger partial charge in [0.1, 0.15) is 6.61 Å². The van der Waals surface area contributed by atoms with Gasteiger partial charge in [0.25, 0.3) is 0 Å². The van der Waals surface area contributed by atoms with Crippen molar-refractivity contribution >= 4 is 5.91 Å². The normalized spacial score (nSPS) is 28.4. The largest absolute Gasteiger partial charge is 0.411 e. The van der Waals surface area contributed by atoms with E-state index >= 15 is 0 Å². The summed E-state index contributed by atoms with van der Waals surface area (Å²) in [7, 11) is 0. The van der Waals surface area contributed by atoms with Gasteiger partial charge in [0.05, 0.1) is 12.0 Å². The molecular weight excluding hydrogens is 249 g/mol. The van der Waals surface area contributed by atoms with Crippen molar-refractivity contribution in [1.82, 2.24) is 5.32 Å². The SMILES string of the molecule is CC1(C(=O)NCCOCC(F)(F)F)CCCC1N. The van der Waals surface area contributed by atoms with E-state index in [-0.39, 0.29) is 25.1 Å². The molecule has 4 nitrogen and oxygen atoms in total. The first-order valence-electron chi connectivity index (χ1n) is 5.94. The number of nitrogens with one attached hydrogen (secondary N) is 1. The van der Waals surface area contributed by atoms with Gasteiger partial charge in [-0.1, -0.05) is 6.42 Å². The highest BCUT2D eigenvalue weighted by atomic mass is 19.4. The van der Waals surface area contributed by atoms with Crippen LogP contribution in [0.3, 0.4) is 0 Å². The van der Waals surface area contributed by atoms with Gasteiger partial charge in [0, 0.05) is 12.6 Å². The second kappa shape index (κ2) is 5.88. The fourth-order valence-corrected chi connectivity index (χ4v) is 2.10. The van der Waals surface area contributed by atoms with Crippen LogP contribution in [0.15, 0.2) is 0 Å². The van der Waals surface area contributed by atoms with Gasteiger partial charge in [-0.15, -0.1) is 0 Å². The molecule has 1 rings (SSSR count). The minimum atomic E-state index is -4.33. The summed E-state index contributed by atoms with van der Waals surface area (Å²) in [5.74, 6) is -0.205. The van der Waals surface area contributed by atoms with Crippen LogP contribution in [0.5, 0.6) is 0 Å². The van der Waals surface area contributed by atoms with Crippen LogP contribution in [-0.4, -0.2) is 37.9 Å². The van der Waals surface area contributed by atoms with Gasteiger partial charge < -0.3 is 15.8 Å². The third kappa shape index (κ3) is 4.13. The third-order valence-electron chi connectivity index (χ3n) is 3.35. The van der Waals surface area contributed by atoms with E-state index in [1.54, 1.807) is 6.92 Å². The smallest absolute Gasteiger partial charge is 0.370 e. The Morgan fingerprint density at radius 3 is 2.72 bits per heavy atom. The summed E-state index contributed by atoms with van der Waals surface area (Å²) in [4.78, 5) is 11.9. The first-order chi connectivity index (χ1) is 8.26. The predicted molar refractivity (Wildman–Crippen MR) is 59.8 cm³/mol. The lowest BCUT2D eigenvalue weighted by Gasteiger charge is -2.27. The number of hydrogen-bond donors (Lipinski definition) is 2. The van der Waals surface area contributed by atoms with Crippen LogP contribution in [0.4, 0.5) is 13.2 Å². The summed E-state index contributed by atoms with van der Waals surface area (Å²) in [5, 5.41) is 2.57. The van der Waals surface area contributed by atoms with Crippen LogP contribution < -0.4 is 11.1 Å². The zero-order chi connectivity index (χ0) is 13.8. The summed E-state index contributed by atoms with van der Waals surface area (Å²) in [5.41, 5.74) is 5.25. The van der Waals surface area contributed by atoms with E-state index in [9.17, 15) is 18.0 Å². The lowest BCUT2D eigenvalue weighted by Crippen LogP contribution is -2.48. The maximum Gasteiger partial charge on any atom is 0.411 e. The van der Waals surface area contributed by atoms with Gasteiger partial charge in [-0.2, -0.15) is 13.2 Å². The fourth-order valence-electron chi connectivity index (χ4n) is 2.10. The van der Waals surface area contributed by atoms with E-state index < -0.39 is 18.2 Å². The predicted octanol–water partition coefficient (Wildman–Crippen LogP) is 1.20. The van der Waals surface area contributed by atoms with Crippen molar-refractivity contribution in [1.29, 1.82) is 0 Å². The molecule has 0 aromatic heterocycles. The Morgan fingerprint density at radius 1 is 1.56 bits per heavy atom. The molecular formula is C11H19F3N2O2. The first-order valence-corrected chi connectivity index (χ1v) is 5.94. The molecule has 0 aliphatic heterocycles. The Bertz CT molecular complexity index is 297. The molecule has 1 aliphatic carbocycles. The van der Waals surface area contributed by atoms with Gasteiger partial charge in [-0.25, -0.2) is 0 Å². The van der Waals surface area contributed by atoms with Crippen molar-refractivity contribution < 1.29 is 22.7 Å². The highest BCUT2D eigenvalue weighted by Gasteiger charge is 2.42. The number of ether oxygens (including phenoxy) is 1. The topological polar surface area (TPSA) is 64.3 Å². The summed E-state index contributed by atoms with van der Waals surface area (Å²) in [6, 6.07) is -0.186. The molecule has 1 amide bonds. The quantitative estimate of drug-likeness (QED) is 0.736. The van der Waals surface area contributed by atoms with Gasteiger partial charge in [0.15, 0.2) is 0 Å². The van der Waals surface area contributed by atoms with Crippen molar-refractivity contribution in [3.63, 3.8) is 0 Å². The lowest BCUT2D eigenvalue weighted by atomic mass is 9.84. The van der Waals surface area contributed by atoms with Crippen LogP contribution in [0, 0.1) is 5.41 Å². The number of alkyl halides is 3. The number of carbonyl (C=O) groups is 1. The molecule has 0 bridgehead atoms. The molecule has 2 unspecified atom stereocenters. The summed E-state index contributed by atoms with van der Waals surface area (Å²) in [6.07, 6.45) is -1.92. The molecule has 1 aliphatic rings. The van der Waals surface area contributed by atoms with Crippen molar-refractivity contribution in [2.24, 2.45) is 11.1 Å². The monoisotopic (exact) mass is 268 g/mol. The van der Waals surface area contributed by atoms with Crippen LogP contribution in [0.25, 0.3) is 0 Å². The highest BCUT2D eigenvalue weighted by Crippen LogP contribution is 2.36. The van der Waals surface area contributed by atoms with Crippen LogP contribution in [0.1, 0.15) is 26.2 Å². The third-order valence-corrected chi connectivity index (χ3v) is 3.35. The van der Waals surface area contributed by atoms with Crippen LogP contribution in [-0.2, 0) is 9.53 Å². The van der Waals surface area contributed by atoms with Crippen LogP contribution in [0.2, 0.25) is 0 Å². The minimum Gasteiger partial charge on any atom is -0.370 e. The molecule has 1 fully saturated rings. The maximum atomic E-state index is 11.9. The molecule has 0 aromatic rings. The van der Waals surface area contributed by atoms with E-state index in [1.165, 1.54) is 0 Å². The van der Waals surface area contributed by atoms with E-state index in [0.717, 1.165) is 12.8 Å². The summed E-state index contributed by atoms with van der Waals surface area (Å²) >= 11 is 0. The van der Waals surface area contributed by atoms with Gasteiger partial charge in [-0.05, 0) is 19.8 Å². The second-order valence-electron chi connectivity index (χ2n) is 4.84. The Labute approximate surface area is 104 Å². The number of hydrogen-bond acceptors (Lipinski definition) is 3.